The van der Waals surface area contributed by atoms with Gasteiger partial charge in [0.2, 0.25) is 0 Å². The normalized spacial score (nSPS) is 22.3. The summed E-state index contributed by atoms with van der Waals surface area (Å²) in [6.45, 7) is 9.48. The topological polar surface area (TPSA) is 121 Å². The van der Waals surface area contributed by atoms with Crippen LogP contribution in [0, 0.1) is 5.92 Å². The minimum atomic E-state index is -0.487. The van der Waals surface area contributed by atoms with Gasteiger partial charge in [-0.1, -0.05) is 24.3 Å². The first kappa shape index (κ1) is 26.3. The van der Waals surface area contributed by atoms with E-state index in [1.807, 2.05) is 6.92 Å². The van der Waals surface area contributed by atoms with Gasteiger partial charge in [0.1, 0.15) is 17.3 Å². The van der Waals surface area contributed by atoms with Crippen LogP contribution >= 0.6 is 0 Å². The summed E-state index contributed by atoms with van der Waals surface area (Å²) in [6, 6.07) is 6.38. The number of ketones is 3. The van der Waals surface area contributed by atoms with Gasteiger partial charge in [-0.05, 0) is 52.4 Å². The van der Waals surface area contributed by atoms with Gasteiger partial charge in [-0.3, -0.25) is 14.4 Å². The second-order valence-electron chi connectivity index (χ2n) is 8.99. The van der Waals surface area contributed by atoms with Crippen molar-refractivity contribution < 1.29 is 34.4 Å². The highest BCUT2D eigenvalue weighted by Gasteiger charge is 2.39. The summed E-state index contributed by atoms with van der Waals surface area (Å²) in [4.78, 5) is 37.4. The van der Waals surface area contributed by atoms with Crippen molar-refractivity contribution in [3.63, 3.8) is 0 Å². The zero-order valence-electron chi connectivity index (χ0n) is 20.2. The number of aliphatic hydroxyl groups excluding tert-OH is 1. The lowest BCUT2D eigenvalue weighted by Crippen LogP contribution is -2.26. The molecule has 0 saturated carbocycles. The van der Waals surface area contributed by atoms with Crippen LogP contribution in [0.5, 0.6) is 11.5 Å². The van der Waals surface area contributed by atoms with E-state index in [1.165, 1.54) is 13.0 Å². The molecule has 2 aromatic rings. The highest BCUT2D eigenvalue weighted by atomic mass is 16.6. The number of rotatable bonds is 1. The van der Waals surface area contributed by atoms with Gasteiger partial charge in [0.15, 0.2) is 17.9 Å². The predicted molar refractivity (Wildman–Crippen MR) is 131 cm³/mol. The molecule has 2 aliphatic carbocycles. The molecule has 0 aromatic heterocycles. The van der Waals surface area contributed by atoms with Gasteiger partial charge in [-0.25, -0.2) is 0 Å². The molecule has 7 nitrogen and oxygen atoms in total. The molecular formula is C28H32O7. The van der Waals surface area contributed by atoms with E-state index >= 15 is 0 Å². The van der Waals surface area contributed by atoms with Crippen LogP contribution in [0.4, 0.5) is 0 Å². The van der Waals surface area contributed by atoms with E-state index in [1.54, 1.807) is 18.2 Å². The maximum absolute atomic E-state index is 12.8. The molecule has 3 atom stereocenters. The fourth-order valence-electron chi connectivity index (χ4n) is 4.90. The SMILES string of the molecule is C=C.CC(=O)[C@H]1CCc2c(O)c3c(c(O)c2C1)C(=O)c1ccccc1C3=O.C[C@H]1CCCC(O)O1. The number of Topliss-reactive ketones (excluding diaryl/α,β-unsaturated/α-hetero) is 1. The quantitative estimate of drug-likeness (QED) is 0.351. The number of aliphatic hydroxyl groups is 1. The number of aromatic hydroxyl groups is 2. The van der Waals surface area contributed by atoms with Crippen LogP contribution in [-0.2, 0) is 22.4 Å². The molecule has 1 saturated heterocycles. The zero-order valence-corrected chi connectivity index (χ0v) is 20.2. The standard InChI is InChI=1S/C20H16O5.C6H12O2.C2H4/c1-9(21)10-6-7-13-14(8-10)20(25)16-15(19(13)24)17(22)11-4-2-3-5-12(11)18(16)23;1-5-3-2-4-6(7)8-5;1-2/h2-5,10,24-25H,6-8H2,1H3;5-7H,2-4H2,1H3;1-2H2/t10-;5-,6?;/m00./s1. The molecule has 1 unspecified atom stereocenters. The molecule has 0 spiro atoms. The Morgan fingerprint density at radius 3 is 1.94 bits per heavy atom. The Labute approximate surface area is 205 Å². The average Bonchev–Trinajstić information content (AvgIpc) is 2.86. The number of carbonyl (C=O) groups is 3. The number of hydrogen-bond acceptors (Lipinski definition) is 7. The smallest absolute Gasteiger partial charge is 0.198 e. The van der Waals surface area contributed by atoms with Crippen LogP contribution in [0.3, 0.4) is 0 Å². The highest BCUT2D eigenvalue weighted by Crippen LogP contribution is 2.46. The number of phenols is 2. The van der Waals surface area contributed by atoms with E-state index in [4.69, 9.17) is 9.84 Å². The summed E-state index contributed by atoms with van der Waals surface area (Å²) in [5.74, 6) is -1.70. The van der Waals surface area contributed by atoms with Gasteiger partial charge >= 0.3 is 0 Å². The Hall–Kier alpha value is -3.29. The van der Waals surface area contributed by atoms with Crippen LogP contribution < -0.4 is 0 Å². The number of carbonyl (C=O) groups excluding carboxylic acids is 3. The van der Waals surface area contributed by atoms with Crippen LogP contribution in [0.25, 0.3) is 0 Å². The third-order valence-electron chi connectivity index (χ3n) is 6.75. The Balaban J connectivity index is 0.000000289. The lowest BCUT2D eigenvalue weighted by atomic mass is 9.75. The highest BCUT2D eigenvalue weighted by molar-refractivity contribution is 6.30. The van der Waals surface area contributed by atoms with E-state index in [-0.39, 0.29) is 58.0 Å². The number of hydrogen-bond donors (Lipinski definition) is 3. The van der Waals surface area contributed by atoms with E-state index < -0.39 is 17.9 Å². The van der Waals surface area contributed by atoms with Crippen molar-refractivity contribution in [3.05, 3.63) is 70.8 Å². The van der Waals surface area contributed by atoms with Gasteiger partial charge in [0.25, 0.3) is 0 Å². The lowest BCUT2D eigenvalue weighted by Gasteiger charge is -2.28. The van der Waals surface area contributed by atoms with E-state index in [0.717, 1.165) is 19.3 Å². The molecule has 2 aromatic carbocycles. The van der Waals surface area contributed by atoms with Gasteiger partial charge in [0, 0.05) is 28.2 Å². The summed E-state index contributed by atoms with van der Waals surface area (Å²) in [5.41, 5.74) is 1.04. The Bertz CT molecular complexity index is 1140. The molecule has 3 N–H and O–H groups in total. The minimum absolute atomic E-state index is 0.00927. The van der Waals surface area contributed by atoms with Crippen LogP contribution in [0.2, 0.25) is 0 Å². The molecule has 3 aliphatic rings. The largest absolute Gasteiger partial charge is 0.507 e. The minimum Gasteiger partial charge on any atom is -0.507 e. The van der Waals surface area contributed by atoms with Crippen molar-refractivity contribution in [2.45, 2.75) is 64.8 Å². The van der Waals surface area contributed by atoms with Gasteiger partial charge in [-0.15, -0.1) is 13.2 Å². The molecule has 1 fully saturated rings. The second kappa shape index (κ2) is 11.0. The average molecular weight is 481 g/mol. The number of ether oxygens (including phenoxy) is 1. The van der Waals surface area contributed by atoms with Gasteiger partial charge in [-0.2, -0.15) is 0 Å². The third-order valence-corrected chi connectivity index (χ3v) is 6.75. The Morgan fingerprint density at radius 1 is 0.943 bits per heavy atom. The summed E-state index contributed by atoms with van der Waals surface area (Å²) < 4.78 is 5.04. The summed E-state index contributed by atoms with van der Waals surface area (Å²) >= 11 is 0. The summed E-state index contributed by atoms with van der Waals surface area (Å²) in [7, 11) is 0. The van der Waals surface area contributed by atoms with E-state index in [9.17, 15) is 24.6 Å². The van der Waals surface area contributed by atoms with E-state index in [0.29, 0.717) is 24.0 Å². The first-order chi connectivity index (χ1) is 16.7. The van der Waals surface area contributed by atoms with Gasteiger partial charge < -0.3 is 20.1 Å². The van der Waals surface area contributed by atoms with Crippen molar-refractivity contribution in [2.75, 3.05) is 0 Å². The number of phenolic OH excluding ortho intramolecular Hbond substituents is 2. The lowest BCUT2D eigenvalue weighted by molar-refractivity contribution is -0.156. The van der Waals surface area contributed by atoms with Crippen LogP contribution in [0.1, 0.15) is 82.5 Å². The zero-order chi connectivity index (χ0) is 25.9. The van der Waals surface area contributed by atoms with E-state index in [2.05, 4.69) is 13.2 Å². The predicted octanol–water partition coefficient (Wildman–Crippen LogP) is 4.26. The molecule has 186 valence electrons. The summed E-state index contributed by atoms with van der Waals surface area (Å²) in [5, 5.41) is 30.3. The van der Waals surface area contributed by atoms with Crippen molar-refractivity contribution in [1.82, 2.24) is 0 Å². The molecule has 7 heteroatoms. The van der Waals surface area contributed by atoms with Crippen LogP contribution in [-0.4, -0.2) is 45.1 Å². The van der Waals surface area contributed by atoms with Crippen molar-refractivity contribution in [3.8, 4) is 11.5 Å². The maximum Gasteiger partial charge on any atom is 0.198 e. The Kier molecular flexibility index (Phi) is 8.25. The number of fused-ring (bicyclic) bond motifs is 3. The monoisotopic (exact) mass is 480 g/mol. The first-order valence-electron chi connectivity index (χ1n) is 11.8. The molecule has 0 amide bonds. The fourth-order valence-corrected chi connectivity index (χ4v) is 4.90. The fraction of sp³-hybridized carbons (Fsp3) is 0.393. The molecule has 1 aliphatic heterocycles. The third kappa shape index (κ3) is 5.06. The molecule has 0 bridgehead atoms. The maximum atomic E-state index is 12.8. The summed E-state index contributed by atoms with van der Waals surface area (Å²) in [6.07, 6.45) is 3.98. The molecule has 1 heterocycles. The first-order valence-corrected chi connectivity index (χ1v) is 11.8. The Morgan fingerprint density at radius 2 is 1.49 bits per heavy atom. The van der Waals surface area contributed by atoms with Crippen molar-refractivity contribution >= 4 is 17.3 Å². The molecule has 5 rings (SSSR count). The van der Waals surface area contributed by atoms with Gasteiger partial charge in [0.05, 0.1) is 17.2 Å². The number of benzene rings is 2. The van der Waals surface area contributed by atoms with Crippen molar-refractivity contribution in [1.29, 1.82) is 0 Å². The molecule has 0 radical (unpaired) electrons. The molecular weight excluding hydrogens is 448 g/mol. The van der Waals surface area contributed by atoms with Crippen molar-refractivity contribution in [2.24, 2.45) is 5.92 Å². The second-order valence-corrected chi connectivity index (χ2v) is 8.99. The van der Waals surface area contributed by atoms with Crippen LogP contribution in [0.15, 0.2) is 37.4 Å². The molecule has 35 heavy (non-hydrogen) atoms.